The van der Waals surface area contributed by atoms with Crippen LogP contribution in [0.5, 0.6) is 5.75 Å². The minimum atomic E-state index is -0.899. The molecule has 1 aromatic carbocycles. The molecule has 1 aliphatic heterocycles. The predicted molar refractivity (Wildman–Crippen MR) is 63.9 cm³/mol. The summed E-state index contributed by atoms with van der Waals surface area (Å²) < 4.78 is 37.8. The van der Waals surface area contributed by atoms with Gasteiger partial charge < -0.3 is 14.6 Å². The van der Waals surface area contributed by atoms with E-state index in [1.165, 1.54) is 6.07 Å². The molecular weight excluding hydrogens is 254 g/mol. The second-order valence-electron chi connectivity index (χ2n) is 5.21. The third-order valence-electron chi connectivity index (χ3n) is 4.06. The fraction of sp³-hybridized carbons (Fsp3) is 0.571. The Hall–Kier alpha value is -1.20. The molecule has 0 atom stereocenters. The summed E-state index contributed by atoms with van der Waals surface area (Å²) in [4.78, 5) is 0. The zero-order valence-electron chi connectivity index (χ0n) is 10.5. The molecular formula is C14H16F2O3. The van der Waals surface area contributed by atoms with E-state index < -0.39 is 23.2 Å². The van der Waals surface area contributed by atoms with Gasteiger partial charge in [0.1, 0.15) is 5.82 Å². The Labute approximate surface area is 110 Å². The quantitative estimate of drug-likeness (QED) is 0.852. The summed E-state index contributed by atoms with van der Waals surface area (Å²) in [7, 11) is 0. The second kappa shape index (κ2) is 4.72. The summed E-state index contributed by atoms with van der Waals surface area (Å²) in [5, 5.41) is 9.73. The van der Waals surface area contributed by atoms with Gasteiger partial charge in [0, 0.05) is 24.5 Å². The van der Waals surface area contributed by atoms with Crippen LogP contribution in [0.15, 0.2) is 12.1 Å². The first-order valence-corrected chi connectivity index (χ1v) is 6.55. The lowest BCUT2D eigenvalue weighted by atomic mass is 9.80. The molecule has 1 N–H and O–H groups in total. The molecule has 2 aliphatic rings. The number of phenols is 1. The van der Waals surface area contributed by atoms with Crippen molar-refractivity contribution in [1.82, 2.24) is 0 Å². The molecule has 0 bridgehead atoms. The van der Waals surface area contributed by atoms with Crippen LogP contribution in [-0.2, 0) is 9.47 Å². The molecule has 0 radical (unpaired) electrons. The number of aromatic hydroxyl groups is 1. The summed E-state index contributed by atoms with van der Waals surface area (Å²) in [6, 6.07) is 1.92. The topological polar surface area (TPSA) is 38.7 Å². The Bertz CT molecular complexity index is 474. The van der Waals surface area contributed by atoms with E-state index in [0.29, 0.717) is 50.5 Å². The molecule has 1 aliphatic carbocycles. The number of halogens is 2. The number of benzene rings is 1. The van der Waals surface area contributed by atoms with Crippen molar-refractivity contribution in [2.45, 2.75) is 37.4 Å². The molecule has 1 heterocycles. The third kappa shape index (κ3) is 2.32. The lowest BCUT2D eigenvalue weighted by Crippen LogP contribution is -2.34. The van der Waals surface area contributed by atoms with Gasteiger partial charge in [-0.05, 0) is 24.8 Å². The third-order valence-corrected chi connectivity index (χ3v) is 4.06. The van der Waals surface area contributed by atoms with Gasteiger partial charge in [0.2, 0.25) is 0 Å². The van der Waals surface area contributed by atoms with Gasteiger partial charge in [-0.1, -0.05) is 0 Å². The van der Waals surface area contributed by atoms with Crippen LogP contribution in [0.25, 0.3) is 0 Å². The maximum absolute atomic E-state index is 13.4. The van der Waals surface area contributed by atoms with E-state index in [1.54, 1.807) is 0 Å². The first-order valence-electron chi connectivity index (χ1n) is 6.55. The molecule has 104 valence electrons. The van der Waals surface area contributed by atoms with Gasteiger partial charge in [0.15, 0.2) is 17.4 Å². The average Bonchev–Trinajstić information content (AvgIpc) is 2.83. The first-order chi connectivity index (χ1) is 9.10. The summed E-state index contributed by atoms with van der Waals surface area (Å²) in [5.41, 5.74) is 0.352. The van der Waals surface area contributed by atoms with Crippen LogP contribution in [0.2, 0.25) is 0 Å². The van der Waals surface area contributed by atoms with E-state index >= 15 is 0 Å². The lowest BCUT2D eigenvalue weighted by molar-refractivity contribution is -0.178. The largest absolute Gasteiger partial charge is 0.505 e. The van der Waals surface area contributed by atoms with Crippen molar-refractivity contribution >= 4 is 0 Å². The number of hydrogen-bond donors (Lipinski definition) is 1. The first kappa shape index (κ1) is 12.8. The maximum atomic E-state index is 13.4. The highest BCUT2D eigenvalue weighted by Gasteiger charge is 2.41. The smallest absolute Gasteiger partial charge is 0.168 e. The minimum Gasteiger partial charge on any atom is -0.505 e. The molecule has 0 aromatic heterocycles. The van der Waals surface area contributed by atoms with Gasteiger partial charge in [0.05, 0.1) is 13.2 Å². The van der Waals surface area contributed by atoms with Crippen molar-refractivity contribution < 1.29 is 23.4 Å². The molecule has 0 unspecified atom stereocenters. The second-order valence-corrected chi connectivity index (χ2v) is 5.21. The average molecular weight is 270 g/mol. The highest BCUT2D eigenvalue weighted by atomic mass is 19.1. The Morgan fingerprint density at radius 3 is 2.37 bits per heavy atom. The maximum Gasteiger partial charge on any atom is 0.168 e. The SMILES string of the molecule is Oc1c(F)cc(F)cc1C1CCC2(CC1)OCCO2. The fourth-order valence-corrected chi connectivity index (χ4v) is 3.05. The summed E-state index contributed by atoms with van der Waals surface area (Å²) in [6.45, 7) is 1.20. The summed E-state index contributed by atoms with van der Waals surface area (Å²) in [6.07, 6.45) is 2.76. The van der Waals surface area contributed by atoms with Gasteiger partial charge in [0.25, 0.3) is 0 Å². The molecule has 1 saturated carbocycles. The van der Waals surface area contributed by atoms with E-state index in [1.807, 2.05) is 0 Å². The zero-order chi connectivity index (χ0) is 13.5. The van der Waals surface area contributed by atoms with E-state index in [2.05, 4.69) is 0 Å². The van der Waals surface area contributed by atoms with Crippen molar-refractivity contribution in [3.8, 4) is 5.75 Å². The summed E-state index contributed by atoms with van der Waals surface area (Å²) >= 11 is 0. The molecule has 5 heteroatoms. The Morgan fingerprint density at radius 2 is 1.74 bits per heavy atom. The lowest BCUT2D eigenvalue weighted by Gasteiger charge is -2.35. The van der Waals surface area contributed by atoms with E-state index in [-0.39, 0.29) is 5.92 Å². The van der Waals surface area contributed by atoms with Gasteiger partial charge in [-0.3, -0.25) is 0 Å². The van der Waals surface area contributed by atoms with Crippen molar-refractivity contribution in [1.29, 1.82) is 0 Å². The molecule has 19 heavy (non-hydrogen) atoms. The van der Waals surface area contributed by atoms with Gasteiger partial charge in [-0.15, -0.1) is 0 Å². The van der Waals surface area contributed by atoms with Gasteiger partial charge in [-0.2, -0.15) is 0 Å². The van der Waals surface area contributed by atoms with Gasteiger partial charge >= 0.3 is 0 Å². The number of rotatable bonds is 1. The van der Waals surface area contributed by atoms with Gasteiger partial charge in [-0.25, -0.2) is 8.78 Å². The van der Waals surface area contributed by atoms with E-state index in [4.69, 9.17) is 9.47 Å². The van der Waals surface area contributed by atoms with Crippen LogP contribution in [0, 0.1) is 11.6 Å². The molecule has 1 saturated heterocycles. The highest BCUT2D eigenvalue weighted by molar-refractivity contribution is 5.37. The van der Waals surface area contributed by atoms with Crippen LogP contribution >= 0.6 is 0 Å². The van der Waals surface area contributed by atoms with Crippen molar-refractivity contribution in [2.75, 3.05) is 13.2 Å². The monoisotopic (exact) mass is 270 g/mol. The van der Waals surface area contributed by atoms with Crippen LogP contribution in [-0.4, -0.2) is 24.1 Å². The molecule has 2 fully saturated rings. The fourth-order valence-electron chi connectivity index (χ4n) is 3.05. The number of phenolic OH excluding ortho intramolecular Hbond substituents is 1. The van der Waals surface area contributed by atoms with Crippen LogP contribution < -0.4 is 0 Å². The molecule has 3 nitrogen and oxygen atoms in total. The van der Waals surface area contributed by atoms with Crippen molar-refractivity contribution in [3.05, 3.63) is 29.3 Å². The van der Waals surface area contributed by atoms with Crippen LogP contribution in [0.1, 0.15) is 37.2 Å². The normalized spacial score (nSPS) is 23.1. The standard InChI is InChI=1S/C14H16F2O3/c15-10-7-11(13(17)12(16)8-10)9-1-3-14(4-2-9)18-5-6-19-14/h7-9,17H,1-6H2. The molecule has 1 aromatic rings. The number of hydrogen-bond acceptors (Lipinski definition) is 3. The van der Waals surface area contributed by atoms with Crippen molar-refractivity contribution in [2.24, 2.45) is 0 Å². The van der Waals surface area contributed by atoms with Crippen LogP contribution in [0.4, 0.5) is 8.78 Å². The summed E-state index contributed by atoms with van der Waals surface area (Å²) in [5.74, 6) is -2.54. The predicted octanol–water partition coefficient (Wildman–Crippen LogP) is 3.07. The van der Waals surface area contributed by atoms with E-state index in [0.717, 1.165) is 0 Å². The molecule has 0 amide bonds. The Balaban J connectivity index is 1.78. The highest BCUT2D eigenvalue weighted by Crippen LogP contribution is 2.44. The molecule has 1 spiro atoms. The number of ether oxygens (including phenoxy) is 2. The van der Waals surface area contributed by atoms with Crippen molar-refractivity contribution in [3.63, 3.8) is 0 Å². The Kier molecular flexibility index (Phi) is 3.19. The van der Waals surface area contributed by atoms with Crippen LogP contribution in [0.3, 0.4) is 0 Å². The molecule has 3 rings (SSSR count). The Morgan fingerprint density at radius 1 is 1.11 bits per heavy atom. The van der Waals surface area contributed by atoms with E-state index in [9.17, 15) is 13.9 Å². The zero-order valence-corrected chi connectivity index (χ0v) is 10.5. The minimum absolute atomic E-state index is 0.0522.